The number of hydrogen-bond acceptors (Lipinski definition) is 10. The van der Waals surface area contributed by atoms with Crippen molar-refractivity contribution in [3.63, 3.8) is 0 Å². The summed E-state index contributed by atoms with van der Waals surface area (Å²) in [7, 11) is -4.77. The van der Waals surface area contributed by atoms with Crippen molar-refractivity contribution in [1.82, 2.24) is 0 Å². The molecule has 0 fully saturated rings. The van der Waals surface area contributed by atoms with Crippen LogP contribution in [0.2, 0.25) is 0 Å². The first-order valence-electron chi connectivity index (χ1n) is 31.1. The number of unbranched alkanes of at least 4 members (excludes halogenated alkanes) is 24. The molecule has 448 valence electrons. The van der Waals surface area contributed by atoms with E-state index in [1.165, 1.54) is 83.5 Å². The third kappa shape index (κ3) is 57.1. The van der Waals surface area contributed by atoms with E-state index in [1.54, 1.807) is 0 Å². The number of aliphatic hydroxyl groups excluding tert-OH is 1. The molecule has 0 saturated carbocycles. The molecule has 0 aromatic heterocycles. The quantitative estimate of drug-likeness (QED) is 0.0197. The molecule has 11 nitrogen and oxygen atoms in total. The lowest BCUT2D eigenvalue weighted by molar-refractivity contribution is -0.161. The topological polar surface area (TPSA) is 155 Å². The zero-order valence-corrected chi connectivity index (χ0v) is 50.5. The van der Waals surface area contributed by atoms with Crippen LogP contribution < -0.4 is 0 Å². The van der Waals surface area contributed by atoms with Crippen molar-refractivity contribution < 1.29 is 52.2 Å². The summed E-state index contributed by atoms with van der Waals surface area (Å²) in [5, 5.41) is 9.82. The Morgan fingerprint density at radius 3 is 1.05 bits per heavy atom. The molecule has 0 aliphatic carbocycles. The standard InChI is InChI=1S/C66H113O11P/c1-4-7-10-13-16-19-22-25-27-29-31-33-35-38-40-43-46-49-52-55-64(68)73-59-63(77-66(70)57-54-51-48-45-42-39-36-34-32-30-28-26-23-20-17-14-11-8-5-2)61-75-78(71,72)74-60-62(58-67)76-65(69)56-53-50-47-44-41-37-24-21-18-15-12-9-6-3/h7,9-10,12,16,18-19,21,25-28,31,33,37,41,62-63,67H,4-6,8,11,13-15,17,20,22-24,29-30,32,34-36,38-40,42-61H2,1-3H3,(H,71,72)/b10-7-,12-9-,19-16-,21-18-,27-25-,28-26-,33-31-,41-37-. The van der Waals surface area contributed by atoms with Crippen LogP contribution in [0.15, 0.2) is 97.2 Å². The van der Waals surface area contributed by atoms with Gasteiger partial charge in [-0.3, -0.25) is 23.4 Å². The summed E-state index contributed by atoms with van der Waals surface area (Å²) in [5.41, 5.74) is 0. The van der Waals surface area contributed by atoms with Crippen LogP contribution in [0.25, 0.3) is 0 Å². The zero-order valence-electron chi connectivity index (χ0n) is 49.6. The van der Waals surface area contributed by atoms with Crippen LogP contribution in [0.1, 0.15) is 265 Å². The maximum absolute atomic E-state index is 13.0. The van der Waals surface area contributed by atoms with Crippen molar-refractivity contribution in [3.8, 4) is 0 Å². The number of aliphatic hydroxyl groups is 1. The van der Waals surface area contributed by atoms with Gasteiger partial charge in [0.2, 0.25) is 0 Å². The van der Waals surface area contributed by atoms with Gasteiger partial charge in [-0.15, -0.1) is 0 Å². The number of allylic oxidation sites excluding steroid dienone is 16. The molecule has 3 unspecified atom stereocenters. The lowest BCUT2D eigenvalue weighted by Gasteiger charge is -2.21. The van der Waals surface area contributed by atoms with E-state index >= 15 is 0 Å². The maximum Gasteiger partial charge on any atom is 0.472 e. The van der Waals surface area contributed by atoms with Gasteiger partial charge in [0.25, 0.3) is 0 Å². The Morgan fingerprint density at radius 2 is 0.667 bits per heavy atom. The van der Waals surface area contributed by atoms with Crippen molar-refractivity contribution in [1.29, 1.82) is 0 Å². The molecule has 0 bridgehead atoms. The van der Waals surface area contributed by atoms with Gasteiger partial charge in [-0.1, -0.05) is 227 Å². The molecule has 0 aromatic rings. The van der Waals surface area contributed by atoms with Crippen LogP contribution in [0.4, 0.5) is 0 Å². The molecule has 0 aromatic carbocycles. The average molecular weight is 1110 g/mol. The highest BCUT2D eigenvalue weighted by Crippen LogP contribution is 2.43. The maximum atomic E-state index is 13.0. The van der Waals surface area contributed by atoms with Gasteiger partial charge < -0.3 is 24.2 Å². The molecule has 3 atom stereocenters. The Bertz CT molecular complexity index is 1680. The molecule has 12 heteroatoms. The summed E-state index contributed by atoms with van der Waals surface area (Å²) in [6.07, 6.45) is 70.8. The van der Waals surface area contributed by atoms with Crippen LogP contribution in [0.3, 0.4) is 0 Å². The Hall–Kier alpha value is -3.60. The number of esters is 3. The molecule has 2 N–H and O–H groups in total. The highest BCUT2D eigenvalue weighted by Gasteiger charge is 2.28. The predicted molar refractivity (Wildman–Crippen MR) is 325 cm³/mol. The highest BCUT2D eigenvalue weighted by molar-refractivity contribution is 7.47. The molecule has 0 aliphatic rings. The third-order valence-electron chi connectivity index (χ3n) is 13.0. The molecule has 78 heavy (non-hydrogen) atoms. The number of rotatable bonds is 57. The van der Waals surface area contributed by atoms with E-state index < -0.39 is 57.8 Å². The minimum absolute atomic E-state index is 0.138. The Morgan fingerprint density at radius 1 is 0.372 bits per heavy atom. The number of hydrogen-bond donors (Lipinski definition) is 2. The van der Waals surface area contributed by atoms with Gasteiger partial charge in [0.1, 0.15) is 12.7 Å². The molecule has 0 radical (unpaired) electrons. The van der Waals surface area contributed by atoms with E-state index in [0.717, 1.165) is 122 Å². The fourth-order valence-corrected chi connectivity index (χ4v) is 9.08. The Kier molecular flexibility index (Phi) is 56.8. The predicted octanol–water partition coefficient (Wildman–Crippen LogP) is 18.8. The normalized spacial score (nSPS) is 14.0. The summed E-state index contributed by atoms with van der Waals surface area (Å²) < 4.78 is 39.6. The summed E-state index contributed by atoms with van der Waals surface area (Å²) >= 11 is 0. The minimum Gasteiger partial charge on any atom is -0.462 e. The SMILES string of the molecule is CC/C=C\C/C=C\C/C=C\C/C=C\CCCCCCCCC(=O)OCC(COP(=O)(O)OCC(CO)OC(=O)CCCCC/C=C\C/C=C\C/C=C\CC)OC(=O)CCCCCCCCCCC/C=C\CCCCCCCC. The van der Waals surface area contributed by atoms with Crippen LogP contribution >= 0.6 is 7.82 Å². The van der Waals surface area contributed by atoms with Gasteiger partial charge in [-0.2, -0.15) is 0 Å². The molecule has 0 amide bonds. The number of phosphoric ester groups is 1. The highest BCUT2D eigenvalue weighted by atomic mass is 31.2. The van der Waals surface area contributed by atoms with E-state index in [2.05, 4.69) is 118 Å². The fourth-order valence-electron chi connectivity index (χ4n) is 8.30. The molecular formula is C66H113O11P. The second-order valence-electron chi connectivity index (χ2n) is 20.5. The number of phosphoric acid groups is 1. The molecule has 0 heterocycles. The average Bonchev–Trinajstić information content (AvgIpc) is 3.43. The van der Waals surface area contributed by atoms with Crippen LogP contribution in [-0.2, 0) is 42.2 Å². The number of carbonyl (C=O) groups excluding carboxylic acids is 3. The lowest BCUT2D eigenvalue weighted by atomic mass is 10.1. The second kappa shape index (κ2) is 59.5. The summed E-state index contributed by atoms with van der Waals surface area (Å²) in [6.45, 7) is 4.38. The first-order chi connectivity index (χ1) is 38.2. The number of ether oxygens (including phenoxy) is 3. The van der Waals surface area contributed by atoms with Gasteiger partial charge in [0, 0.05) is 19.3 Å². The largest absolute Gasteiger partial charge is 0.472 e. The first kappa shape index (κ1) is 74.4. The zero-order chi connectivity index (χ0) is 56.9. The minimum atomic E-state index is -4.77. The van der Waals surface area contributed by atoms with Crippen LogP contribution in [-0.4, -0.2) is 66.5 Å². The van der Waals surface area contributed by atoms with Crippen molar-refractivity contribution in [2.75, 3.05) is 26.4 Å². The van der Waals surface area contributed by atoms with E-state index in [0.29, 0.717) is 19.3 Å². The van der Waals surface area contributed by atoms with Crippen LogP contribution in [0.5, 0.6) is 0 Å². The monoisotopic (exact) mass is 1110 g/mol. The molecule has 0 aliphatic heterocycles. The Balaban J connectivity index is 4.76. The van der Waals surface area contributed by atoms with Crippen molar-refractivity contribution >= 4 is 25.7 Å². The molecular weight excluding hydrogens is 1000 g/mol. The summed E-state index contributed by atoms with van der Waals surface area (Å²) in [6, 6.07) is 0. The van der Waals surface area contributed by atoms with Crippen LogP contribution in [0, 0.1) is 0 Å². The summed E-state index contributed by atoms with van der Waals surface area (Å²) in [4.78, 5) is 48.7. The fraction of sp³-hybridized carbons (Fsp3) is 0.712. The van der Waals surface area contributed by atoms with E-state index in [1.807, 2.05) is 0 Å². The van der Waals surface area contributed by atoms with Crippen molar-refractivity contribution in [3.05, 3.63) is 97.2 Å². The van der Waals surface area contributed by atoms with Crippen molar-refractivity contribution in [2.45, 2.75) is 277 Å². The van der Waals surface area contributed by atoms with Crippen molar-refractivity contribution in [2.24, 2.45) is 0 Å². The van der Waals surface area contributed by atoms with E-state index in [4.69, 9.17) is 23.3 Å². The lowest BCUT2D eigenvalue weighted by Crippen LogP contribution is -2.30. The second-order valence-corrected chi connectivity index (χ2v) is 21.9. The van der Waals surface area contributed by atoms with E-state index in [-0.39, 0.29) is 25.9 Å². The van der Waals surface area contributed by atoms with Gasteiger partial charge in [-0.05, 0) is 116 Å². The third-order valence-corrected chi connectivity index (χ3v) is 13.9. The van der Waals surface area contributed by atoms with Gasteiger partial charge in [0.05, 0.1) is 19.8 Å². The number of carbonyl (C=O) groups is 3. The smallest absolute Gasteiger partial charge is 0.462 e. The van der Waals surface area contributed by atoms with Gasteiger partial charge in [-0.25, -0.2) is 4.57 Å². The summed E-state index contributed by atoms with van der Waals surface area (Å²) in [5.74, 6) is -1.51. The van der Waals surface area contributed by atoms with E-state index in [9.17, 15) is 28.9 Å². The van der Waals surface area contributed by atoms with Gasteiger partial charge >= 0.3 is 25.7 Å². The molecule has 0 rings (SSSR count). The van der Waals surface area contributed by atoms with Gasteiger partial charge in [0.15, 0.2) is 6.10 Å². The molecule has 0 spiro atoms. The first-order valence-corrected chi connectivity index (χ1v) is 32.6. The Labute approximate surface area is 476 Å². The molecule has 0 saturated heterocycles.